The van der Waals surface area contributed by atoms with Gasteiger partial charge in [0, 0.05) is 21.7 Å². The summed E-state index contributed by atoms with van der Waals surface area (Å²) in [6, 6.07) is 13.9. The molecule has 0 radical (unpaired) electrons. The fourth-order valence-electron chi connectivity index (χ4n) is 2.01. The van der Waals surface area contributed by atoms with Gasteiger partial charge in [-0.25, -0.2) is 8.42 Å². The van der Waals surface area contributed by atoms with Crippen LogP contribution in [0.15, 0.2) is 53.0 Å². The zero-order chi connectivity index (χ0) is 17.7. The standard InChI is InChI=1S/C16H16BrClN2O3S/c1-24(22,23)20(10-12-5-7-13(17)8-6-12)11-16(21)19-15-4-2-3-14(18)9-15/h2-9H,10-11H2,1H3,(H,19,21). The number of hydrogen-bond donors (Lipinski definition) is 1. The molecule has 0 aliphatic carbocycles. The Kier molecular flexibility index (Phi) is 6.40. The first-order chi connectivity index (χ1) is 11.2. The van der Waals surface area contributed by atoms with Crippen molar-refractivity contribution in [1.29, 1.82) is 0 Å². The average Bonchev–Trinajstić information content (AvgIpc) is 2.48. The van der Waals surface area contributed by atoms with Crippen LogP contribution < -0.4 is 5.32 Å². The lowest BCUT2D eigenvalue weighted by atomic mass is 10.2. The predicted octanol–water partition coefficient (Wildman–Crippen LogP) is 3.50. The van der Waals surface area contributed by atoms with Crippen molar-refractivity contribution in [3.8, 4) is 0 Å². The summed E-state index contributed by atoms with van der Waals surface area (Å²) >= 11 is 9.19. The number of anilines is 1. The number of rotatable bonds is 6. The Morgan fingerprint density at radius 2 is 1.88 bits per heavy atom. The van der Waals surface area contributed by atoms with E-state index in [1.807, 2.05) is 12.1 Å². The molecule has 0 fully saturated rings. The Morgan fingerprint density at radius 1 is 1.21 bits per heavy atom. The molecule has 0 saturated heterocycles. The number of nitrogens with one attached hydrogen (secondary N) is 1. The number of carbonyl (C=O) groups is 1. The minimum absolute atomic E-state index is 0.120. The molecule has 8 heteroatoms. The van der Waals surface area contributed by atoms with E-state index in [1.54, 1.807) is 36.4 Å². The summed E-state index contributed by atoms with van der Waals surface area (Å²) in [5, 5.41) is 3.13. The van der Waals surface area contributed by atoms with E-state index >= 15 is 0 Å². The molecule has 0 aliphatic rings. The van der Waals surface area contributed by atoms with Gasteiger partial charge in [0.25, 0.3) is 0 Å². The Bertz CT molecular complexity index is 825. The first-order valence-electron chi connectivity index (χ1n) is 6.99. The largest absolute Gasteiger partial charge is 0.325 e. The van der Waals surface area contributed by atoms with E-state index in [0.29, 0.717) is 10.7 Å². The second-order valence-corrected chi connectivity index (χ2v) is 8.55. The van der Waals surface area contributed by atoms with Crippen LogP contribution in [-0.2, 0) is 21.4 Å². The molecule has 2 rings (SSSR count). The molecule has 2 aromatic carbocycles. The molecule has 1 N–H and O–H groups in total. The minimum atomic E-state index is -3.53. The van der Waals surface area contributed by atoms with Crippen LogP contribution in [0.25, 0.3) is 0 Å². The van der Waals surface area contributed by atoms with Gasteiger partial charge in [0.15, 0.2) is 0 Å². The average molecular weight is 432 g/mol. The molecule has 24 heavy (non-hydrogen) atoms. The van der Waals surface area contributed by atoms with Crippen molar-refractivity contribution in [1.82, 2.24) is 4.31 Å². The summed E-state index contributed by atoms with van der Waals surface area (Å²) in [6.07, 6.45) is 1.08. The molecule has 0 unspecified atom stereocenters. The SMILES string of the molecule is CS(=O)(=O)N(CC(=O)Nc1cccc(Cl)c1)Cc1ccc(Br)cc1. The van der Waals surface area contributed by atoms with E-state index in [4.69, 9.17) is 11.6 Å². The van der Waals surface area contributed by atoms with Crippen molar-refractivity contribution < 1.29 is 13.2 Å². The smallest absolute Gasteiger partial charge is 0.239 e. The van der Waals surface area contributed by atoms with Crippen LogP contribution >= 0.6 is 27.5 Å². The van der Waals surface area contributed by atoms with Crippen LogP contribution in [0, 0.1) is 0 Å². The normalized spacial score (nSPS) is 11.5. The lowest BCUT2D eigenvalue weighted by molar-refractivity contribution is -0.116. The third kappa shape index (κ3) is 5.90. The van der Waals surface area contributed by atoms with Gasteiger partial charge in [-0.1, -0.05) is 45.7 Å². The zero-order valence-corrected chi connectivity index (χ0v) is 16.0. The summed E-state index contributed by atoms with van der Waals surface area (Å²) < 4.78 is 25.9. The van der Waals surface area contributed by atoms with Crippen LogP contribution in [0.5, 0.6) is 0 Å². The van der Waals surface area contributed by atoms with E-state index in [0.717, 1.165) is 20.6 Å². The van der Waals surface area contributed by atoms with Gasteiger partial charge in [0.2, 0.25) is 15.9 Å². The number of carbonyl (C=O) groups excluding carboxylic acids is 1. The van der Waals surface area contributed by atoms with Gasteiger partial charge in [0.05, 0.1) is 12.8 Å². The Hall–Kier alpha value is -1.41. The summed E-state index contributed by atoms with van der Waals surface area (Å²) in [7, 11) is -3.53. The molecular formula is C16H16BrClN2O3S. The van der Waals surface area contributed by atoms with Crippen LogP contribution in [-0.4, -0.2) is 31.4 Å². The lowest BCUT2D eigenvalue weighted by Crippen LogP contribution is -2.36. The highest BCUT2D eigenvalue weighted by molar-refractivity contribution is 9.10. The molecule has 0 saturated carbocycles. The number of amides is 1. The number of benzene rings is 2. The molecule has 2 aromatic rings. The molecule has 0 heterocycles. The lowest BCUT2D eigenvalue weighted by Gasteiger charge is -2.19. The first kappa shape index (κ1) is 18.9. The molecule has 128 valence electrons. The van der Waals surface area contributed by atoms with Crippen LogP contribution in [0.4, 0.5) is 5.69 Å². The van der Waals surface area contributed by atoms with Crippen LogP contribution in [0.3, 0.4) is 0 Å². The van der Waals surface area contributed by atoms with Gasteiger partial charge < -0.3 is 5.32 Å². The maximum Gasteiger partial charge on any atom is 0.239 e. The Morgan fingerprint density at radius 3 is 2.46 bits per heavy atom. The maximum atomic E-state index is 12.2. The first-order valence-corrected chi connectivity index (χ1v) is 10.0. The maximum absolute atomic E-state index is 12.2. The van der Waals surface area contributed by atoms with Gasteiger partial charge >= 0.3 is 0 Å². The molecule has 0 aliphatic heterocycles. The zero-order valence-electron chi connectivity index (χ0n) is 12.9. The van der Waals surface area contributed by atoms with Gasteiger partial charge in [-0.05, 0) is 35.9 Å². The molecule has 5 nitrogen and oxygen atoms in total. The van der Waals surface area contributed by atoms with Crippen molar-refractivity contribution in [2.75, 3.05) is 18.1 Å². The molecule has 0 spiro atoms. The minimum Gasteiger partial charge on any atom is -0.325 e. The van der Waals surface area contributed by atoms with Crippen molar-refractivity contribution in [3.63, 3.8) is 0 Å². The molecule has 0 bridgehead atoms. The molecule has 0 aromatic heterocycles. The van der Waals surface area contributed by atoms with Crippen molar-refractivity contribution in [3.05, 3.63) is 63.6 Å². The van der Waals surface area contributed by atoms with Gasteiger partial charge in [0.1, 0.15) is 0 Å². The van der Waals surface area contributed by atoms with E-state index in [-0.39, 0.29) is 13.1 Å². The van der Waals surface area contributed by atoms with E-state index < -0.39 is 15.9 Å². The van der Waals surface area contributed by atoms with Gasteiger partial charge in [-0.3, -0.25) is 4.79 Å². The van der Waals surface area contributed by atoms with Crippen molar-refractivity contribution >= 4 is 49.1 Å². The topological polar surface area (TPSA) is 66.5 Å². The second kappa shape index (κ2) is 8.11. The number of nitrogens with zero attached hydrogens (tertiary/aromatic N) is 1. The van der Waals surface area contributed by atoms with E-state index in [9.17, 15) is 13.2 Å². The number of halogens is 2. The Labute approximate surface area is 154 Å². The summed E-state index contributed by atoms with van der Waals surface area (Å²) in [5.74, 6) is -0.431. The number of sulfonamides is 1. The van der Waals surface area contributed by atoms with Gasteiger partial charge in [-0.15, -0.1) is 0 Å². The van der Waals surface area contributed by atoms with Crippen molar-refractivity contribution in [2.24, 2.45) is 0 Å². The van der Waals surface area contributed by atoms with Gasteiger partial charge in [-0.2, -0.15) is 4.31 Å². The summed E-state index contributed by atoms with van der Waals surface area (Å²) in [6.45, 7) is -0.156. The van der Waals surface area contributed by atoms with Crippen LogP contribution in [0.1, 0.15) is 5.56 Å². The fraction of sp³-hybridized carbons (Fsp3) is 0.188. The quantitative estimate of drug-likeness (QED) is 0.761. The highest BCUT2D eigenvalue weighted by Crippen LogP contribution is 2.16. The molecular weight excluding hydrogens is 416 g/mol. The third-order valence-electron chi connectivity index (χ3n) is 3.17. The summed E-state index contributed by atoms with van der Waals surface area (Å²) in [5.41, 5.74) is 1.31. The third-order valence-corrected chi connectivity index (χ3v) is 5.13. The molecule has 1 amide bonds. The highest BCUT2D eigenvalue weighted by Gasteiger charge is 2.20. The number of hydrogen-bond acceptors (Lipinski definition) is 3. The fourth-order valence-corrected chi connectivity index (χ4v) is 3.20. The monoisotopic (exact) mass is 430 g/mol. The van der Waals surface area contributed by atoms with E-state index in [2.05, 4.69) is 21.2 Å². The van der Waals surface area contributed by atoms with Crippen LogP contribution in [0.2, 0.25) is 5.02 Å². The highest BCUT2D eigenvalue weighted by atomic mass is 79.9. The van der Waals surface area contributed by atoms with Crippen molar-refractivity contribution in [2.45, 2.75) is 6.54 Å². The molecule has 0 atom stereocenters. The Balaban J connectivity index is 2.08. The second-order valence-electron chi connectivity index (χ2n) is 5.22. The predicted molar refractivity (Wildman–Crippen MR) is 99.5 cm³/mol. The van der Waals surface area contributed by atoms with E-state index in [1.165, 1.54) is 0 Å². The summed E-state index contributed by atoms with van der Waals surface area (Å²) in [4.78, 5) is 12.2.